The first-order chi connectivity index (χ1) is 7.95. The Morgan fingerprint density at radius 2 is 2.12 bits per heavy atom. The Bertz CT molecular complexity index is 424. The van der Waals surface area contributed by atoms with Crippen LogP contribution < -0.4 is 4.74 Å². The van der Waals surface area contributed by atoms with Gasteiger partial charge < -0.3 is 9.47 Å². The molecule has 0 fully saturated rings. The summed E-state index contributed by atoms with van der Waals surface area (Å²) >= 11 is 5.44. The summed E-state index contributed by atoms with van der Waals surface area (Å²) in [6.07, 6.45) is 0. The van der Waals surface area contributed by atoms with Gasteiger partial charge in [-0.15, -0.1) is 0 Å². The predicted octanol–water partition coefficient (Wildman–Crippen LogP) is 3.26. The third-order valence-corrected chi connectivity index (χ3v) is 2.02. The van der Waals surface area contributed by atoms with Crippen LogP contribution in [0.15, 0.2) is 12.1 Å². The van der Waals surface area contributed by atoms with E-state index in [0.717, 1.165) is 6.07 Å². The van der Waals surface area contributed by atoms with Gasteiger partial charge in [0, 0.05) is 6.07 Å². The van der Waals surface area contributed by atoms with E-state index >= 15 is 0 Å². The van der Waals surface area contributed by atoms with E-state index in [-0.39, 0.29) is 17.2 Å². The van der Waals surface area contributed by atoms with Crippen molar-refractivity contribution in [1.29, 1.82) is 0 Å². The summed E-state index contributed by atoms with van der Waals surface area (Å²) in [7, 11) is 0. The molecule has 7 heteroatoms. The second-order valence-corrected chi connectivity index (χ2v) is 3.27. The van der Waals surface area contributed by atoms with Gasteiger partial charge in [0.1, 0.15) is 17.1 Å². The molecule has 0 aliphatic carbocycles. The van der Waals surface area contributed by atoms with Crippen LogP contribution in [0.3, 0.4) is 0 Å². The fourth-order valence-corrected chi connectivity index (χ4v) is 1.25. The maximum atomic E-state index is 13.0. The molecule has 0 spiro atoms. The maximum Gasteiger partial charge on any atom is 0.387 e. The number of esters is 1. The van der Waals surface area contributed by atoms with Crippen molar-refractivity contribution in [3.63, 3.8) is 0 Å². The van der Waals surface area contributed by atoms with Crippen molar-refractivity contribution < 1.29 is 27.4 Å². The Morgan fingerprint density at radius 3 is 2.65 bits per heavy atom. The first-order valence-corrected chi connectivity index (χ1v) is 4.94. The lowest BCUT2D eigenvalue weighted by molar-refractivity contribution is -0.0506. The normalized spacial score (nSPS) is 10.5. The fraction of sp³-hybridized carbons (Fsp3) is 0.300. The number of halogens is 4. The van der Waals surface area contributed by atoms with Crippen LogP contribution in [0.1, 0.15) is 17.3 Å². The molecular formula is C10H8ClF3O3. The van der Waals surface area contributed by atoms with Gasteiger partial charge in [-0.05, 0) is 13.0 Å². The van der Waals surface area contributed by atoms with Gasteiger partial charge in [0.05, 0.1) is 11.6 Å². The smallest absolute Gasteiger partial charge is 0.387 e. The Morgan fingerprint density at radius 1 is 1.47 bits per heavy atom. The quantitative estimate of drug-likeness (QED) is 0.786. The molecule has 0 saturated heterocycles. The zero-order chi connectivity index (χ0) is 13.0. The zero-order valence-corrected chi connectivity index (χ0v) is 9.43. The van der Waals surface area contributed by atoms with Gasteiger partial charge in [0.15, 0.2) is 0 Å². The topological polar surface area (TPSA) is 35.5 Å². The average molecular weight is 269 g/mol. The van der Waals surface area contributed by atoms with E-state index in [9.17, 15) is 18.0 Å². The largest absolute Gasteiger partial charge is 0.462 e. The molecule has 0 aromatic heterocycles. The number of alkyl halides is 2. The van der Waals surface area contributed by atoms with E-state index in [4.69, 9.17) is 11.6 Å². The first kappa shape index (κ1) is 13.6. The average Bonchev–Trinajstić information content (AvgIpc) is 2.22. The number of ether oxygens (including phenoxy) is 2. The van der Waals surface area contributed by atoms with Crippen LogP contribution in [0.4, 0.5) is 13.2 Å². The van der Waals surface area contributed by atoms with Crippen LogP contribution in [0, 0.1) is 5.82 Å². The van der Waals surface area contributed by atoms with Crippen molar-refractivity contribution >= 4 is 17.6 Å². The molecular weight excluding hydrogens is 261 g/mol. The van der Waals surface area contributed by atoms with Gasteiger partial charge in [-0.2, -0.15) is 8.78 Å². The van der Waals surface area contributed by atoms with Crippen molar-refractivity contribution in [2.45, 2.75) is 13.5 Å². The molecule has 1 aromatic carbocycles. The molecule has 94 valence electrons. The van der Waals surface area contributed by atoms with Gasteiger partial charge >= 0.3 is 12.6 Å². The maximum absolute atomic E-state index is 13.0. The summed E-state index contributed by atoms with van der Waals surface area (Å²) in [5.41, 5.74) is -0.349. The van der Waals surface area contributed by atoms with Gasteiger partial charge in [-0.3, -0.25) is 0 Å². The Balaban J connectivity index is 3.15. The van der Waals surface area contributed by atoms with E-state index in [1.807, 2.05) is 0 Å². The molecule has 0 unspecified atom stereocenters. The van der Waals surface area contributed by atoms with Crippen molar-refractivity contribution in [1.82, 2.24) is 0 Å². The van der Waals surface area contributed by atoms with Gasteiger partial charge in [-0.25, -0.2) is 9.18 Å². The van der Waals surface area contributed by atoms with Crippen molar-refractivity contribution in [2.75, 3.05) is 6.61 Å². The summed E-state index contributed by atoms with van der Waals surface area (Å²) < 4.78 is 45.8. The Kier molecular flexibility index (Phi) is 4.62. The zero-order valence-electron chi connectivity index (χ0n) is 8.68. The molecule has 0 atom stereocenters. The van der Waals surface area contributed by atoms with Gasteiger partial charge in [0.2, 0.25) is 0 Å². The monoisotopic (exact) mass is 268 g/mol. The molecule has 17 heavy (non-hydrogen) atoms. The number of carbonyl (C=O) groups is 1. The summed E-state index contributed by atoms with van der Waals surface area (Å²) in [6.45, 7) is -1.60. The number of benzene rings is 1. The summed E-state index contributed by atoms with van der Waals surface area (Å²) in [6, 6.07) is 1.49. The molecule has 3 nitrogen and oxygen atoms in total. The van der Waals surface area contributed by atoms with Crippen molar-refractivity contribution in [2.24, 2.45) is 0 Å². The molecule has 0 aliphatic rings. The molecule has 1 aromatic rings. The molecule has 0 amide bonds. The summed E-state index contributed by atoms with van der Waals surface area (Å²) in [5, 5.41) is -0.380. The highest BCUT2D eigenvalue weighted by Gasteiger charge is 2.19. The third kappa shape index (κ3) is 3.52. The molecule has 0 heterocycles. The van der Waals surface area contributed by atoms with Gasteiger partial charge in [0.25, 0.3) is 0 Å². The molecule has 0 aliphatic heterocycles. The highest BCUT2D eigenvalue weighted by atomic mass is 35.5. The lowest BCUT2D eigenvalue weighted by Gasteiger charge is -2.10. The minimum Gasteiger partial charge on any atom is -0.462 e. The second kappa shape index (κ2) is 5.77. The van der Waals surface area contributed by atoms with E-state index in [0.29, 0.717) is 6.07 Å². The Labute approximate surface area is 100 Å². The number of rotatable bonds is 4. The number of hydrogen-bond acceptors (Lipinski definition) is 3. The predicted molar refractivity (Wildman–Crippen MR) is 54.0 cm³/mol. The highest BCUT2D eigenvalue weighted by Crippen LogP contribution is 2.28. The second-order valence-electron chi connectivity index (χ2n) is 2.86. The van der Waals surface area contributed by atoms with Gasteiger partial charge in [-0.1, -0.05) is 11.6 Å². The van der Waals surface area contributed by atoms with Crippen LogP contribution >= 0.6 is 11.6 Å². The molecule has 0 radical (unpaired) electrons. The van der Waals surface area contributed by atoms with Crippen molar-refractivity contribution in [3.8, 4) is 5.75 Å². The number of carbonyl (C=O) groups excluding carboxylic acids is 1. The number of hydrogen-bond donors (Lipinski definition) is 0. The summed E-state index contributed by atoms with van der Waals surface area (Å²) in [5.74, 6) is -2.49. The first-order valence-electron chi connectivity index (χ1n) is 4.56. The highest BCUT2D eigenvalue weighted by molar-refractivity contribution is 6.31. The van der Waals surface area contributed by atoms with E-state index in [1.165, 1.54) is 6.92 Å². The van der Waals surface area contributed by atoms with E-state index in [2.05, 4.69) is 9.47 Å². The van der Waals surface area contributed by atoms with Crippen LogP contribution in [0.5, 0.6) is 5.75 Å². The standard InChI is InChI=1S/C10H8ClF3O3/c1-2-16-9(15)5-3-6(11)7(12)4-8(5)17-10(13)14/h3-4,10H,2H2,1H3. The van der Waals surface area contributed by atoms with Crippen LogP contribution in [-0.4, -0.2) is 19.2 Å². The third-order valence-electron chi connectivity index (χ3n) is 1.73. The van der Waals surface area contributed by atoms with E-state index in [1.54, 1.807) is 0 Å². The Hall–Kier alpha value is -1.43. The lowest BCUT2D eigenvalue weighted by Crippen LogP contribution is -2.11. The lowest BCUT2D eigenvalue weighted by atomic mass is 10.2. The molecule has 0 bridgehead atoms. The van der Waals surface area contributed by atoms with Crippen LogP contribution in [0.2, 0.25) is 5.02 Å². The fourth-order valence-electron chi connectivity index (χ4n) is 1.09. The minimum atomic E-state index is -3.18. The SMILES string of the molecule is CCOC(=O)c1cc(Cl)c(F)cc1OC(F)F. The van der Waals surface area contributed by atoms with E-state index < -0.39 is 24.1 Å². The minimum absolute atomic E-state index is 0.0436. The summed E-state index contributed by atoms with van der Waals surface area (Å²) in [4.78, 5) is 11.4. The molecule has 0 N–H and O–H groups in total. The molecule has 0 saturated carbocycles. The van der Waals surface area contributed by atoms with Crippen LogP contribution in [0.25, 0.3) is 0 Å². The molecule has 1 rings (SSSR count). The van der Waals surface area contributed by atoms with Crippen LogP contribution in [-0.2, 0) is 4.74 Å². The van der Waals surface area contributed by atoms with Crippen molar-refractivity contribution in [3.05, 3.63) is 28.5 Å².